The minimum Gasteiger partial charge on any atom is -0.506 e. The molecule has 0 heterocycles. The van der Waals surface area contributed by atoms with Crippen molar-refractivity contribution in [3.05, 3.63) is 57.0 Å². The Morgan fingerprint density at radius 2 is 2.00 bits per heavy atom. The van der Waals surface area contributed by atoms with Crippen molar-refractivity contribution in [2.75, 3.05) is 5.32 Å². The molecule has 19 heavy (non-hydrogen) atoms. The molecule has 0 aliphatic rings. The summed E-state index contributed by atoms with van der Waals surface area (Å²) in [6.07, 6.45) is 0.970. The zero-order chi connectivity index (χ0) is 13.8. The van der Waals surface area contributed by atoms with Gasteiger partial charge in [0.05, 0.1) is 5.02 Å². The molecule has 2 N–H and O–H groups in total. The molecule has 0 saturated heterocycles. The highest BCUT2D eigenvalue weighted by molar-refractivity contribution is 9.10. The second-order valence-electron chi connectivity index (χ2n) is 4.29. The summed E-state index contributed by atoms with van der Waals surface area (Å²) in [7, 11) is 0. The normalized spacial score (nSPS) is 10.5. The zero-order valence-electron chi connectivity index (χ0n) is 10.6. The van der Waals surface area contributed by atoms with E-state index in [1.165, 1.54) is 5.56 Å². The highest BCUT2D eigenvalue weighted by atomic mass is 79.9. The number of phenols is 1. The second-order valence-corrected chi connectivity index (χ2v) is 5.62. The van der Waals surface area contributed by atoms with Crippen LogP contribution in [0, 0.1) is 0 Å². The summed E-state index contributed by atoms with van der Waals surface area (Å²) in [6, 6.07) is 11.4. The minimum atomic E-state index is 0.114. The van der Waals surface area contributed by atoms with Gasteiger partial charge in [-0.25, -0.2) is 0 Å². The molecule has 0 saturated carbocycles. The number of rotatable bonds is 4. The maximum absolute atomic E-state index is 9.38. The molecule has 0 amide bonds. The predicted octanol–water partition coefficient (Wildman–Crippen LogP) is 4.98. The van der Waals surface area contributed by atoms with E-state index in [2.05, 4.69) is 40.3 Å². The molecule has 0 atom stereocenters. The topological polar surface area (TPSA) is 32.3 Å². The van der Waals surface area contributed by atoms with Gasteiger partial charge in [-0.1, -0.05) is 40.5 Å². The van der Waals surface area contributed by atoms with E-state index in [1.54, 1.807) is 12.1 Å². The number of hydrogen-bond donors (Lipinski definition) is 2. The van der Waals surface area contributed by atoms with Crippen molar-refractivity contribution in [3.8, 4) is 5.75 Å². The van der Waals surface area contributed by atoms with E-state index in [4.69, 9.17) is 11.6 Å². The van der Waals surface area contributed by atoms with Crippen molar-refractivity contribution in [1.29, 1.82) is 0 Å². The Balaban J connectivity index is 2.12. The molecule has 0 bridgehead atoms. The molecule has 0 radical (unpaired) electrons. The number of aromatic hydroxyl groups is 1. The standard InChI is InChI=1S/C15H15BrClNO/c1-2-11-8-12(16)4-5-14(11)18-9-10-3-6-15(19)13(17)7-10/h3-8,18-19H,2,9H2,1H3. The van der Waals surface area contributed by atoms with E-state index in [0.29, 0.717) is 11.6 Å². The molecular weight excluding hydrogens is 326 g/mol. The van der Waals surface area contributed by atoms with Crippen LogP contribution in [0.5, 0.6) is 5.75 Å². The molecule has 100 valence electrons. The van der Waals surface area contributed by atoms with E-state index in [1.807, 2.05) is 12.1 Å². The Kier molecular flexibility index (Phi) is 4.72. The van der Waals surface area contributed by atoms with Crippen LogP contribution in [0.3, 0.4) is 0 Å². The fraction of sp³-hybridized carbons (Fsp3) is 0.200. The summed E-state index contributed by atoms with van der Waals surface area (Å²) in [5, 5.41) is 13.2. The maximum atomic E-state index is 9.38. The molecule has 4 heteroatoms. The largest absolute Gasteiger partial charge is 0.506 e. The van der Waals surface area contributed by atoms with E-state index >= 15 is 0 Å². The average molecular weight is 341 g/mol. The van der Waals surface area contributed by atoms with Gasteiger partial charge < -0.3 is 10.4 Å². The van der Waals surface area contributed by atoms with Crippen molar-refractivity contribution in [2.24, 2.45) is 0 Å². The van der Waals surface area contributed by atoms with Crippen LogP contribution < -0.4 is 5.32 Å². The summed E-state index contributed by atoms with van der Waals surface area (Å²) >= 11 is 9.37. The minimum absolute atomic E-state index is 0.114. The predicted molar refractivity (Wildman–Crippen MR) is 84.0 cm³/mol. The molecule has 0 aliphatic carbocycles. The highest BCUT2D eigenvalue weighted by Gasteiger charge is 2.03. The summed E-state index contributed by atoms with van der Waals surface area (Å²) in [6.45, 7) is 2.80. The Hall–Kier alpha value is -1.19. The van der Waals surface area contributed by atoms with Gasteiger partial charge in [0.1, 0.15) is 5.75 Å². The summed E-state index contributed by atoms with van der Waals surface area (Å²) in [5.41, 5.74) is 3.42. The van der Waals surface area contributed by atoms with E-state index in [-0.39, 0.29) is 5.75 Å². The molecule has 0 aromatic heterocycles. The lowest BCUT2D eigenvalue weighted by molar-refractivity contribution is 0.475. The van der Waals surface area contributed by atoms with Gasteiger partial charge >= 0.3 is 0 Å². The number of benzene rings is 2. The van der Waals surface area contributed by atoms with Crippen LogP contribution in [-0.2, 0) is 13.0 Å². The van der Waals surface area contributed by atoms with Crippen LogP contribution in [0.4, 0.5) is 5.69 Å². The van der Waals surface area contributed by atoms with Crippen molar-refractivity contribution < 1.29 is 5.11 Å². The molecule has 2 rings (SSSR count). The Morgan fingerprint density at radius 3 is 2.68 bits per heavy atom. The molecule has 0 fully saturated rings. The lowest BCUT2D eigenvalue weighted by Crippen LogP contribution is -2.02. The molecule has 2 nitrogen and oxygen atoms in total. The Morgan fingerprint density at radius 1 is 1.21 bits per heavy atom. The van der Waals surface area contributed by atoms with Gasteiger partial charge in [0.2, 0.25) is 0 Å². The smallest absolute Gasteiger partial charge is 0.134 e. The van der Waals surface area contributed by atoms with Gasteiger partial charge in [-0.3, -0.25) is 0 Å². The van der Waals surface area contributed by atoms with Crippen LogP contribution >= 0.6 is 27.5 Å². The molecule has 0 aliphatic heterocycles. The first-order valence-electron chi connectivity index (χ1n) is 6.10. The van der Waals surface area contributed by atoms with E-state index < -0.39 is 0 Å². The third-order valence-corrected chi connectivity index (χ3v) is 3.74. The number of phenolic OH excluding ortho intramolecular Hbond substituents is 1. The zero-order valence-corrected chi connectivity index (χ0v) is 12.9. The summed E-state index contributed by atoms with van der Waals surface area (Å²) in [5.74, 6) is 0.114. The third-order valence-electron chi connectivity index (χ3n) is 2.94. The highest BCUT2D eigenvalue weighted by Crippen LogP contribution is 2.25. The molecule has 0 unspecified atom stereocenters. The first-order valence-corrected chi connectivity index (χ1v) is 7.27. The third kappa shape index (κ3) is 3.64. The number of anilines is 1. The Labute approximate surface area is 126 Å². The number of halogens is 2. The maximum Gasteiger partial charge on any atom is 0.134 e. The molecular formula is C15H15BrClNO. The first kappa shape index (κ1) is 14.2. The molecule has 2 aromatic carbocycles. The van der Waals surface area contributed by atoms with Gasteiger partial charge in [0.25, 0.3) is 0 Å². The quantitative estimate of drug-likeness (QED) is 0.822. The van der Waals surface area contributed by atoms with Crippen molar-refractivity contribution in [3.63, 3.8) is 0 Å². The van der Waals surface area contributed by atoms with Crippen molar-refractivity contribution >= 4 is 33.2 Å². The fourth-order valence-corrected chi connectivity index (χ4v) is 2.50. The van der Waals surface area contributed by atoms with Crippen LogP contribution in [0.2, 0.25) is 5.02 Å². The summed E-state index contributed by atoms with van der Waals surface area (Å²) < 4.78 is 1.09. The monoisotopic (exact) mass is 339 g/mol. The number of aryl methyl sites for hydroxylation is 1. The van der Waals surface area contributed by atoms with Crippen molar-refractivity contribution in [2.45, 2.75) is 19.9 Å². The van der Waals surface area contributed by atoms with Gasteiger partial charge in [-0.05, 0) is 47.9 Å². The summed E-state index contributed by atoms with van der Waals surface area (Å²) in [4.78, 5) is 0. The van der Waals surface area contributed by atoms with E-state index in [0.717, 1.165) is 22.1 Å². The average Bonchev–Trinajstić information content (AvgIpc) is 2.41. The lowest BCUT2D eigenvalue weighted by atomic mass is 10.1. The lowest BCUT2D eigenvalue weighted by Gasteiger charge is -2.12. The molecule has 2 aromatic rings. The number of hydrogen-bond acceptors (Lipinski definition) is 2. The van der Waals surface area contributed by atoms with Crippen LogP contribution in [0.15, 0.2) is 40.9 Å². The Bertz CT molecular complexity index is 586. The van der Waals surface area contributed by atoms with Crippen LogP contribution in [0.25, 0.3) is 0 Å². The number of nitrogens with one attached hydrogen (secondary N) is 1. The van der Waals surface area contributed by atoms with Gasteiger partial charge in [0.15, 0.2) is 0 Å². The first-order chi connectivity index (χ1) is 9.10. The van der Waals surface area contributed by atoms with Crippen LogP contribution in [0.1, 0.15) is 18.1 Å². The van der Waals surface area contributed by atoms with Gasteiger partial charge in [-0.15, -0.1) is 0 Å². The van der Waals surface area contributed by atoms with Crippen LogP contribution in [-0.4, -0.2) is 5.11 Å². The SMILES string of the molecule is CCc1cc(Br)ccc1NCc1ccc(O)c(Cl)c1. The van der Waals surface area contributed by atoms with Crippen molar-refractivity contribution in [1.82, 2.24) is 0 Å². The van der Waals surface area contributed by atoms with E-state index in [9.17, 15) is 5.11 Å². The van der Waals surface area contributed by atoms with Gasteiger partial charge in [-0.2, -0.15) is 0 Å². The second kappa shape index (κ2) is 6.31. The molecule has 0 spiro atoms. The fourth-order valence-electron chi connectivity index (χ4n) is 1.88. The van der Waals surface area contributed by atoms with Gasteiger partial charge in [0, 0.05) is 16.7 Å².